The summed E-state index contributed by atoms with van der Waals surface area (Å²) in [4.78, 5) is 14.5. The molecule has 3 heterocycles. The highest BCUT2D eigenvalue weighted by Gasteiger charge is 2.30. The van der Waals surface area contributed by atoms with E-state index >= 15 is 0 Å². The van der Waals surface area contributed by atoms with Gasteiger partial charge in [0.25, 0.3) is 0 Å². The third kappa shape index (κ3) is 5.90. The number of aromatic nitrogens is 2. The van der Waals surface area contributed by atoms with E-state index in [2.05, 4.69) is 74.1 Å². The number of guanidine groups is 1. The van der Waals surface area contributed by atoms with Crippen molar-refractivity contribution in [1.29, 1.82) is 0 Å². The van der Waals surface area contributed by atoms with Gasteiger partial charge in [-0.2, -0.15) is 0 Å². The van der Waals surface area contributed by atoms with Gasteiger partial charge in [-0.25, -0.2) is 9.98 Å². The zero-order valence-electron chi connectivity index (χ0n) is 19.9. The maximum atomic E-state index is 5.52. The van der Waals surface area contributed by atoms with E-state index in [4.69, 9.17) is 9.73 Å². The first-order valence-electron chi connectivity index (χ1n) is 12.1. The first-order chi connectivity index (χ1) is 16.3. The monoisotopic (exact) mass is 574 g/mol. The van der Waals surface area contributed by atoms with Gasteiger partial charge < -0.3 is 19.5 Å². The molecule has 8 heteroatoms. The molecule has 2 aliphatic heterocycles. The van der Waals surface area contributed by atoms with Crippen LogP contribution in [-0.4, -0.2) is 77.3 Å². The number of hydrogen-bond donors (Lipinski definition) is 1. The van der Waals surface area contributed by atoms with E-state index in [1.54, 1.807) is 0 Å². The van der Waals surface area contributed by atoms with Crippen LogP contribution >= 0.6 is 24.0 Å². The van der Waals surface area contributed by atoms with E-state index in [0.29, 0.717) is 12.6 Å². The Hall–Kier alpha value is -2.17. The Bertz CT molecular complexity index is 1080. The van der Waals surface area contributed by atoms with Crippen LogP contribution in [0.2, 0.25) is 0 Å². The highest BCUT2D eigenvalue weighted by atomic mass is 127. The lowest BCUT2D eigenvalue weighted by Crippen LogP contribution is -2.46. The van der Waals surface area contributed by atoms with Crippen molar-refractivity contribution in [1.82, 2.24) is 24.7 Å². The van der Waals surface area contributed by atoms with E-state index in [-0.39, 0.29) is 24.0 Å². The second kappa shape index (κ2) is 12.0. The fourth-order valence-corrected chi connectivity index (χ4v) is 4.85. The molecule has 1 unspecified atom stereocenters. The number of nitrogens with zero attached hydrogens (tertiary/aromatic N) is 5. The van der Waals surface area contributed by atoms with Crippen molar-refractivity contribution < 1.29 is 4.74 Å². The molecule has 0 bridgehead atoms. The van der Waals surface area contributed by atoms with Crippen molar-refractivity contribution in [3.8, 4) is 0 Å². The Labute approximate surface area is 219 Å². The number of fused-ring (bicyclic) bond motifs is 1. The molecule has 1 atom stereocenters. The maximum Gasteiger partial charge on any atom is 0.194 e. The minimum Gasteiger partial charge on any atom is -0.379 e. The van der Waals surface area contributed by atoms with Gasteiger partial charge in [-0.05, 0) is 36.6 Å². The number of benzene rings is 2. The molecule has 2 aromatic carbocycles. The van der Waals surface area contributed by atoms with Crippen molar-refractivity contribution in [2.75, 3.05) is 45.9 Å². The maximum absolute atomic E-state index is 5.52. The van der Waals surface area contributed by atoms with Crippen LogP contribution in [-0.2, 0) is 17.8 Å². The molecule has 5 rings (SSSR count). The van der Waals surface area contributed by atoms with Crippen molar-refractivity contribution in [3.63, 3.8) is 0 Å². The van der Waals surface area contributed by atoms with Crippen molar-refractivity contribution in [2.45, 2.75) is 32.5 Å². The molecule has 3 aromatic rings. The summed E-state index contributed by atoms with van der Waals surface area (Å²) in [6, 6.07) is 17.7. The van der Waals surface area contributed by atoms with Gasteiger partial charge in [-0.15, -0.1) is 24.0 Å². The Morgan fingerprint density at radius 1 is 1.06 bits per heavy atom. The van der Waals surface area contributed by atoms with Crippen molar-refractivity contribution in [2.24, 2.45) is 4.99 Å². The van der Waals surface area contributed by atoms with E-state index in [9.17, 15) is 0 Å². The Morgan fingerprint density at radius 3 is 2.62 bits per heavy atom. The van der Waals surface area contributed by atoms with Crippen LogP contribution in [0.5, 0.6) is 0 Å². The number of rotatable bonds is 6. The molecular weight excluding hydrogens is 539 g/mol. The zero-order chi connectivity index (χ0) is 22.5. The van der Waals surface area contributed by atoms with Gasteiger partial charge in [0.1, 0.15) is 0 Å². The molecule has 0 spiro atoms. The van der Waals surface area contributed by atoms with E-state index in [1.165, 1.54) is 23.1 Å². The summed E-state index contributed by atoms with van der Waals surface area (Å²) in [7, 11) is 0. The lowest BCUT2D eigenvalue weighted by molar-refractivity contribution is 0.0195. The first kappa shape index (κ1) is 24.9. The Morgan fingerprint density at radius 2 is 1.82 bits per heavy atom. The van der Waals surface area contributed by atoms with Gasteiger partial charge in [0.05, 0.1) is 37.1 Å². The predicted octanol–water partition coefficient (Wildman–Crippen LogP) is 3.57. The second-order valence-corrected chi connectivity index (χ2v) is 8.88. The predicted molar refractivity (Wildman–Crippen MR) is 148 cm³/mol. The zero-order valence-corrected chi connectivity index (χ0v) is 22.2. The van der Waals surface area contributed by atoms with Gasteiger partial charge in [-0.3, -0.25) is 4.90 Å². The van der Waals surface area contributed by atoms with Gasteiger partial charge in [-0.1, -0.05) is 36.4 Å². The minimum atomic E-state index is 0. The molecule has 0 amide bonds. The van der Waals surface area contributed by atoms with Crippen molar-refractivity contribution >= 4 is 41.0 Å². The van der Waals surface area contributed by atoms with Crippen molar-refractivity contribution in [3.05, 3.63) is 66.0 Å². The number of nitrogens with one attached hydrogen (secondary N) is 1. The smallest absolute Gasteiger partial charge is 0.194 e. The molecule has 0 radical (unpaired) electrons. The van der Waals surface area contributed by atoms with Crippen LogP contribution in [0.25, 0.3) is 11.0 Å². The third-order valence-corrected chi connectivity index (χ3v) is 6.67. The lowest BCUT2D eigenvalue weighted by Gasteiger charge is -2.32. The third-order valence-electron chi connectivity index (χ3n) is 6.67. The second-order valence-electron chi connectivity index (χ2n) is 8.88. The summed E-state index contributed by atoms with van der Waals surface area (Å²) in [6.45, 7) is 10.5. The highest BCUT2D eigenvalue weighted by Crippen LogP contribution is 2.18. The summed E-state index contributed by atoms with van der Waals surface area (Å²) in [6.07, 6.45) is 3.12. The van der Waals surface area contributed by atoms with E-state index in [0.717, 1.165) is 64.0 Å². The topological polar surface area (TPSA) is 57.9 Å². The SMILES string of the molecule is CCNC(=NCc1ccc(Cn2cnc3ccccc32)cc1)N1CCC(N2CCOCC2)C1.I. The minimum absolute atomic E-state index is 0. The molecule has 182 valence electrons. The lowest BCUT2D eigenvalue weighted by atomic mass is 10.1. The normalized spacial score (nSPS) is 19.4. The number of likely N-dealkylation sites (tertiary alicyclic amines) is 1. The summed E-state index contributed by atoms with van der Waals surface area (Å²) < 4.78 is 7.72. The highest BCUT2D eigenvalue weighted by molar-refractivity contribution is 14.0. The first-order valence-corrected chi connectivity index (χ1v) is 12.1. The molecule has 0 aliphatic carbocycles. The van der Waals surface area contributed by atoms with Crippen LogP contribution in [0.1, 0.15) is 24.5 Å². The average Bonchev–Trinajstić information content (AvgIpc) is 3.51. The molecule has 34 heavy (non-hydrogen) atoms. The number of halogens is 1. The number of ether oxygens (including phenoxy) is 1. The molecule has 7 nitrogen and oxygen atoms in total. The Balaban J connectivity index is 0.00000274. The molecule has 1 aromatic heterocycles. The van der Waals surface area contributed by atoms with Gasteiger partial charge in [0.2, 0.25) is 0 Å². The quantitative estimate of drug-likeness (QED) is 0.277. The molecule has 2 aliphatic rings. The number of imidazole rings is 1. The Kier molecular flexibility index (Phi) is 8.80. The van der Waals surface area contributed by atoms with E-state index < -0.39 is 0 Å². The fourth-order valence-electron chi connectivity index (χ4n) is 4.85. The van der Waals surface area contributed by atoms with Crippen LogP contribution in [0, 0.1) is 0 Å². The summed E-state index contributed by atoms with van der Waals surface area (Å²) in [5.41, 5.74) is 4.71. The number of para-hydroxylation sites is 2. The molecular formula is C26H35IN6O. The average molecular weight is 575 g/mol. The molecule has 2 saturated heterocycles. The summed E-state index contributed by atoms with van der Waals surface area (Å²) in [5, 5.41) is 3.50. The van der Waals surface area contributed by atoms with Crippen LogP contribution < -0.4 is 5.32 Å². The van der Waals surface area contributed by atoms with Crippen LogP contribution in [0.3, 0.4) is 0 Å². The van der Waals surface area contributed by atoms with Gasteiger partial charge in [0, 0.05) is 45.3 Å². The molecule has 2 fully saturated rings. The summed E-state index contributed by atoms with van der Waals surface area (Å²) >= 11 is 0. The van der Waals surface area contributed by atoms with Crippen LogP contribution in [0.15, 0.2) is 59.9 Å². The number of hydrogen-bond acceptors (Lipinski definition) is 4. The largest absolute Gasteiger partial charge is 0.379 e. The van der Waals surface area contributed by atoms with Crippen LogP contribution in [0.4, 0.5) is 0 Å². The molecule has 0 saturated carbocycles. The standard InChI is InChI=1S/C26H34N6O.HI/c1-2-27-26(31-12-11-23(19-31)30-13-15-33-16-14-30)28-17-21-7-9-22(10-8-21)18-32-20-29-24-5-3-4-6-25(24)32;/h3-10,20,23H,2,11-19H2,1H3,(H,27,28);1H. The fraction of sp³-hybridized carbons (Fsp3) is 0.462. The van der Waals surface area contributed by atoms with Gasteiger partial charge >= 0.3 is 0 Å². The van der Waals surface area contributed by atoms with E-state index in [1.807, 2.05) is 12.4 Å². The summed E-state index contributed by atoms with van der Waals surface area (Å²) in [5.74, 6) is 1.03. The van der Waals surface area contributed by atoms with Gasteiger partial charge in [0.15, 0.2) is 5.96 Å². The molecule has 1 N–H and O–H groups in total. The number of aliphatic imine (C=N–C) groups is 1. The number of morpholine rings is 1.